The summed E-state index contributed by atoms with van der Waals surface area (Å²) in [5, 5.41) is 2.69. The number of allylic oxidation sites excluding steroid dienone is 1. The maximum atomic E-state index is 11.1. The third-order valence-corrected chi connectivity index (χ3v) is 1.52. The summed E-state index contributed by atoms with van der Waals surface area (Å²) in [6.45, 7) is 2.55. The summed E-state index contributed by atoms with van der Waals surface area (Å²) < 4.78 is 0. The smallest absolute Gasteiger partial charge is 0.237 e. The van der Waals surface area contributed by atoms with Crippen LogP contribution >= 0.6 is 0 Å². The zero-order valence-corrected chi connectivity index (χ0v) is 7.92. The van der Waals surface area contributed by atoms with Gasteiger partial charge in [0, 0.05) is 13.0 Å². The molecule has 3 heteroatoms. The predicted molar refractivity (Wildman–Crippen MR) is 53.9 cm³/mol. The molecule has 0 rings (SSSR count). The van der Waals surface area contributed by atoms with Gasteiger partial charge in [0.1, 0.15) is 0 Å². The van der Waals surface area contributed by atoms with Gasteiger partial charge in [-0.2, -0.15) is 0 Å². The molecule has 3 nitrogen and oxygen atoms in total. The number of carbonyl (C=O) groups excluding carboxylic acids is 1. The average Bonchev–Trinajstić information content (AvgIpc) is 2.12. The van der Waals surface area contributed by atoms with Gasteiger partial charge in [0.15, 0.2) is 0 Å². The Bertz CT molecular complexity index is 215. The van der Waals surface area contributed by atoms with Gasteiger partial charge in [0.25, 0.3) is 0 Å². The SMILES string of the molecule is C#CCC(N)C(=O)NCC/C=C/C. The van der Waals surface area contributed by atoms with Gasteiger partial charge in [0.05, 0.1) is 6.04 Å². The Labute approximate surface area is 79.4 Å². The molecule has 0 saturated heterocycles. The molecule has 13 heavy (non-hydrogen) atoms. The molecule has 3 N–H and O–H groups in total. The number of nitrogens with one attached hydrogen (secondary N) is 1. The number of carbonyl (C=O) groups is 1. The van der Waals surface area contributed by atoms with Gasteiger partial charge >= 0.3 is 0 Å². The number of amides is 1. The van der Waals surface area contributed by atoms with E-state index in [1.54, 1.807) is 0 Å². The van der Waals surface area contributed by atoms with Gasteiger partial charge in [-0.15, -0.1) is 12.3 Å². The molecule has 0 aliphatic carbocycles. The van der Waals surface area contributed by atoms with Crippen LogP contribution in [-0.2, 0) is 4.79 Å². The molecule has 0 aromatic rings. The van der Waals surface area contributed by atoms with Gasteiger partial charge in [-0.1, -0.05) is 12.2 Å². The number of nitrogens with two attached hydrogens (primary N) is 1. The summed E-state index contributed by atoms with van der Waals surface area (Å²) in [6.07, 6.45) is 10.1. The van der Waals surface area contributed by atoms with Crippen LogP contribution in [0.4, 0.5) is 0 Å². The molecule has 0 heterocycles. The first-order valence-corrected chi connectivity index (χ1v) is 4.30. The van der Waals surface area contributed by atoms with Crippen molar-refractivity contribution in [2.24, 2.45) is 5.73 Å². The number of hydrogen-bond acceptors (Lipinski definition) is 2. The van der Waals surface area contributed by atoms with Crippen molar-refractivity contribution in [3.05, 3.63) is 12.2 Å². The van der Waals surface area contributed by atoms with E-state index in [-0.39, 0.29) is 12.3 Å². The van der Waals surface area contributed by atoms with E-state index in [1.807, 2.05) is 19.1 Å². The van der Waals surface area contributed by atoms with Gasteiger partial charge in [0.2, 0.25) is 5.91 Å². The van der Waals surface area contributed by atoms with Crippen molar-refractivity contribution in [2.45, 2.75) is 25.8 Å². The van der Waals surface area contributed by atoms with Crippen molar-refractivity contribution < 1.29 is 4.79 Å². The molecule has 0 aliphatic heterocycles. The Morgan fingerprint density at radius 1 is 1.77 bits per heavy atom. The van der Waals surface area contributed by atoms with E-state index >= 15 is 0 Å². The lowest BCUT2D eigenvalue weighted by atomic mass is 10.2. The van der Waals surface area contributed by atoms with E-state index in [2.05, 4.69) is 11.2 Å². The average molecular weight is 180 g/mol. The molecule has 0 bridgehead atoms. The molecule has 0 aromatic heterocycles. The summed E-state index contributed by atoms with van der Waals surface area (Å²) in [6, 6.07) is -0.574. The molecule has 0 spiro atoms. The van der Waals surface area contributed by atoms with E-state index in [0.717, 1.165) is 6.42 Å². The third-order valence-electron chi connectivity index (χ3n) is 1.52. The molecule has 0 fully saturated rings. The lowest BCUT2D eigenvalue weighted by Gasteiger charge is -2.07. The first kappa shape index (κ1) is 11.7. The van der Waals surface area contributed by atoms with Crippen molar-refractivity contribution in [1.29, 1.82) is 0 Å². The molecule has 72 valence electrons. The van der Waals surface area contributed by atoms with E-state index < -0.39 is 6.04 Å². The standard InChI is InChI=1S/C10H16N2O/c1-3-5-6-8-12-10(13)9(11)7-4-2/h2-3,5,9H,6-8,11H2,1H3,(H,12,13)/b5-3+. The lowest BCUT2D eigenvalue weighted by Crippen LogP contribution is -2.40. The highest BCUT2D eigenvalue weighted by Crippen LogP contribution is 1.86. The summed E-state index contributed by atoms with van der Waals surface area (Å²) in [5.74, 6) is 2.17. The highest BCUT2D eigenvalue weighted by molar-refractivity contribution is 5.81. The van der Waals surface area contributed by atoms with Crippen molar-refractivity contribution >= 4 is 5.91 Å². The summed E-state index contributed by atoms with van der Waals surface area (Å²) in [7, 11) is 0. The van der Waals surface area contributed by atoms with Crippen LogP contribution in [0.2, 0.25) is 0 Å². The van der Waals surface area contributed by atoms with Crippen LogP contribution in [-0.4, -0.2) is 18.5 Å². The third kappa shape index (κ3) is 5.94. The van der Waals surface area contributed by atoms with Crippen LogP contribution in [0.5, 0.6) is 0 Å². The number of hydrogen-bond donors (Lipinski definition) is 2. The molecule has 0 saturated carbocycles. The van der Waals surface area contributed by atoms with E-state index in [4.69, 9.17) is 12.2 Å². The summed E-state index contributed by atoms with van der Waals surface area (Å²) in [4.78, 5) is 11.1. The minimum absolute atomic E-state index is 0.178. The van der Waals surface area contributed by atoms with Crippen LogP contribution in [0, 0.1) is 12.3 Å². The largest absolute Gasteiger partial charge is 0.354 e. The summed E-state index contributed by atoms with van der Waals surface area (Å²) >= 11 is 0. The minimum atomic E-state index is -0.574. The molecule has 0 aromatic carbocycles. The van der Waals surface area contributed by atoms with Crippen molar-refractivity contribution in [3.63, 3.8) is 0 Å². The summed E-state index contributed by atoms with van der Waals surface area (Å²) in [5.41, 5.74) is 5.47. The Balaban J connectivity index is 3.57. The fourth-order valence-electron chi connectivity index (χ4n) is 0.796. The van der Waals surface area contributed by atoms with Crippen LogP contribution < -0.4 is 11.1 Å². The molecule has 1 atom stereocenters. The Kier molecular flexibility index (Phi) is 6.66. The molecular formula is C10H16N2O. The highest BCUT2D eigenvalue weighted by Gasteiger charge is 2.09. The Morgan fingerprint density at radius 3 is 3.00 bits per heavy atom. The zero-order valence-electron chi connectivity index (χ0n) is 7.92. The Hall–Kier alpha value is -1.27. The van der Waals surface area contributed by atoms with Gasteiger partial charge in [-0.25, -0.2) is 0 Å². The van der Waals surface area contributed by atoms with E-state index in [1.165, 1.54) is 0 Å². The molecule has 0 aliphatic rings. The fraction of sp³-hybridized carbons (Fsp3) is 0.500. The first-order valence-electron chi connectivity index (χ1n) is 4.30. The predicted octanol–water partition coefficient (Wildman–Crippen LogP) is 0.419. The number of terminal acetylenes is 1. The second kappa shape index (κ2) is 7.38. The lowest BCUT2D eigenvalue weighted by molar-refractivity contribution is -0.122. The van der Waals surface area contributed by atoms with Crippen molar-refractivity contribution in [1.82, 2.24) is 5.32 Å². The normalized spacial score (nSPS) is 12.4. The second-order valence-electron chi connectivity index (χ2n) is 2.66. The van der Waals surface area contributed by atoms with Gasteiger partial charge in [-0.3, -0.25) is 4.79 Å². The van der Waals surface area contributed by atoms with Crippen LogP contribution in [0.15, 0.2) is 12.2 Å². The minimum Gasteiger partial charge on any atom is -0.354 e. The topological polar surface area (TPSA) is 55.1 Å². The van der Waals surface area contributed by atoms with Gasteiger partial charge < -0.3 is 11.1 Å². The monoisotopic (exact) mass is 180 g/mol. The molecule has 1 amide bonds. The maximum Gasteiger partial charge on any atom is 0.237 e. The first-order chi connectivity index (χ1) is 6.22. The van der Waals surface area contributed by atoms with Crippen LogP contribution in [0.1, 0.15) is 19.8 Å². The highest BCUT2D eigenvalue weighted by atomic mass is 16.2. The van der Waals surface area contributed by atoms with Crippen LogP contribution in [0.25, 0.3) is 0 Å². The molecular weight excluding hydrogens is 164 g/mol. The van der Waals surface area contributed by atoms with Crippen LogP contribution in [0.3, 0.4) is 0 Å². The van der Waals surface area contributed by atoms with E-state index in [9.17, 15) is 4.79 Å². The van der Waals surface area contributed by atoms with Crippen molar-refractivity contribution in [3.8, 4) is 12.3 Å². The van der Waals surface area contributed by atoms with E-state index in [0.29, 0.717) is 6.54 Å². The number of rotatable bonds is 5. The second-order valence-corrected chi connectivity index (χ2v) is 2.66. The Morgan fingerprint density at radius 2 is 2.46 bits per heavy atom. The van der Waals surface area contributed by atoms with Crippen molar-refractivity contribution in [2.75, 3.05) is 6.54 Å². The van der Waals surface area contributed by atoms with Gasteiger partial charge in [-0.05, 0) is 13.3 Å². The fourth-order valence-corrected chi connectivity index (χ4v) is 0.796. The molecule has 0 radical (unpaired) electrons. The molecule has 1 unspecified atom stereocenters. The zero-order chi connectivity index (χ0) is 10.1. The maximum absolute atomic E-state index is 11.1. The quantitative estimate of drug-likeness (QED) is 0.366.